The van der Waals surface area contributed by atoms with Gasteiger partial charge in [-0.25, -0.2) is 0 Å². The first-order valence-electron chi connectivity index (χ1n) is 4.73. The molecule has 78 valence electrons. The predicted molar refractivity (Wildman–Crippen MR) is 63.9 cm³/mol. The lowest BCUT2D eigenvalue weighted by atomic mass is 10.00. The van der Waals surface area contributed by atoms with E-state index in [2.05, 4.69) is 24.3 Å². The van der Waals surface area contributed by atoms with Gasteiger partial charge in [-0.2, -0.15) is 0 Å². The van der Waals surface area contributed by atoms with Crippen molar-refractivity contribution in [2.75, 3.05) is 0 Å². The molecule has 0 saturated carbocycles. The van der Waals surface area contributed by atoms with E-state index in [0.29, 0.717) is 0 Å². The molecule has 2 heteroatoms. The van der Waals surface area contributed by atoms with Gasteiger partial charge in [0.05, 0.1) is 6.04 Å². The van der Waals surface area contributed by atoms with Crippen LogP contribution in [0.4, 0.5) is 0 Å². The van der Waals surface area contributed by atoms with Crippen molar-refractivity contribution in [3.05, 3.63) is 71.8 Å². The molecule has 0 bridgehead atoms. The molecule has 0 fully saturated rings. The fourth-order valence-electron chi connectivity index (χ4n) is 1.51. The van der Waals surface area contributed by atoms with Gasteiger partial charge in [-0.1, -0.05) is 60.7 Å². The maximum Gasteiger partial charge on any atom is 0.0551 e. The number of hydrogen-bond donors (Lipinski definition) is 2. The molecule has 0 aromatic heterocycles. The first-order valence-corrected chi connectivity index (χ1v) is 4.73. The zero-order valence-corrected chi connectivity index (χ0v) is 8.64. The van der Waals surface area contributed by atoms with Crippen LogP contribution >= 0.6 is 0 Å². The van der Waals surface area contributed by atoms with Gasteiger partial charge in [0.25, 0.3) is 0 Å². The van der Waals surface area contributed by atoms with Crippen molar-refractivity contribution in [2.45, 2.75) is 6.04 Å². The Morgan fingerprint density at radius 1 is 0.667 bits per heavy atom. The molecular formula is C13H16N2. The lowest BCUT2D eigenvalue weighted by Crippen LogP contribution is -2.11. The SMILES string of the molecule is N.NC(c1ccccc1)c1ccccc1. The van der Waals surface area contributed by atoms with E-state index in [1.165, 1.54) is 0 Å². The van der Waals surface area contributed by atoms with Crippen LogP contribution in [-0.4, -0.2) is 0 Å². The third-order valence-corrected chi connectivity index (χ3v) is 2.32. The van der Waals surface area contributed by atoms with Gasteiger partial charge >= 0.3 is 0 Å². The number of benzene rings is 2. The average Bonchev–Trinajstić information content (AvgIpc) is 2.30. The van der Waals surface area contributed by atoms with Crippen LogP contribution in [0.15, 0.2) is 60.7 Å². The minimum absolute atomic E-state index is 0. The van der Waals surface area contributed by atoms with Crippen molar-refractivity contribution in [1.29, 1.82) is 0 Å². The summed E-state index contributed by atoms with van der Waals surface area (Å²) in [5.41, 5.74) is 8.42. The summed E-state index contributed by atoms with van der Waals surface area (Å²) < 4.78 is 0. The minimum Gasteiger partial charge on any atom is -0.344 e. The molecule has 0 aliphatic heterocycles. The fraction of sp³-hybridized carbons (Fsp3) is 0.0769. The first-order chi connectivity index (χ1) is 6.88. The van der Waals surface area contributed by atoms with E-state index >= 15 is 0 Å². The maximum absolute atomic E-state index is 6.12. The molecule has 2 aromatic rings. The molecule has 2 rings (SSSR count). The highest BCUT2D eigenvalue weighted by molar-refractivity contribution is 5.30. The number of nitrogens with two attached hydrogens (primary N) is 1. The van der Waals surface area contributed by atoms with Crippen LogP contribution in [0.2, 0.25) is 0 Å². The zero-order valence-electron chi connectivity index (χ0n) is 8.64. The van der Waals surface area contributed by atoms with Crippen molar-refractivity contribution in [2.24, 2.45) is 5.73 Å². The summed E-state index contributed by atoms with van der Waals surface area (Å²) in [7, 11) is 0. The van der Waals surface area contributed by atoms with Crippen molar-refractivity contribution < 1.29 is 0 Å². The van der Waals surface area contributed by atoms with E-state index in [-0.39, 0.29) is 12.2 Å². The summed E-state index contributed by atoms with van der Waals surface area (Å²) in [6, 6.07) is 20.2. The molecule has 0 aliphatic carbocycles. The highest BCUT2D eigenvalue weighted by Gasteiger charge is 2.06. The Bertz CT molecular complexity index is 344. The van der Waals surface area contributed by atoms with Gasteiger partial charge in [-0.3, -0.25) is 0 Å². The molecule has 0 radical (unpaired) electrons. The molecular weight excluding hydrogens is 184 g/mol. The first kappa shape index (κ1) is 11.4. The van der Waals surface area contributed by atoms with E-state index in [9.17, 15) is 0 Å². The fourth-order valence-corrected chi connectivity index (χ4v) is 1.51. The molecule has 5 N–H and O–H groups in total. The molecule has 0 aliphatic rings. The maximum atomic E-state index is 6.12. The predicted octanol–water partition coefficient (Wildman–Crippen LogP) is 2.90. The molecule has 2 nitrogen and oxygen atoms in total. The third-order valence-electron chi connectivity index (χ3n) is 2.32. The topological polar surface area (TPSA) is 61.0 Å². The summed E-state index contributed by atoms with van der Waals surface area (Å²) in [6.07, 6.45) is 0. The Morgan fingerprint density at radius 2 is 1.00 bits per heavy atom. The van der Waals surface area contributed by atoms with Gasteiger partial charge in [0.1, 0.15) is 0 Å². The molecule has 0 amide bonds. The lowest BCUT2D eigenvalue weighted by molar-refractivity contribution is 0.871. The van der Waals surface area contributed by atoms with Crippen LogP contribution in [0.1, 0.15) is 17.2 Å². The van der Waals surface area contributed by atoms with Gasteiger partial charge < -0.3 is 11.9 Å². The van der Waals surface area contributed by atoms with Crippen molar-refractivity contribution in [3.8, 4) is 0 Å². The van der Waals surface area contributed by atoms with Gasteiger partial charge in [-0.15, -0.1) is 0 Å². The summed E-state index contributed by atoms with van der Waals surface area (Å²) in [4.78, 5) is 0. The van der Waals surface area contributed by atoms with Crippen LogP contribution in [0, 0.1) is 0 Å². The van der Waals surface area contributed by atoms with E-state index < -0.39 is 0 Å². The highest BCUT2D eigenvalue weighted by Crippen LogP contribution is 2.18. The number of rotatable bonds is 2. The summed E-state index contributed by atoms with van der Waals surface area (Å²) >= 11 is 0. The van der Waals surface area contributed by atoms with Crippen molar-refractivity contribution in [3.63, 3.8) is 0 Å². The summed E-state index contributed by atoms with van der Waals surface area (Å²) in [6.45, 7) is 0. The van der Waals surface area contributed by atoms with Crippen LogP contribution < -0.4 is 11.9 Å². The standard InChI is InChI=1S/C13H13N.H3N/c14-13(11-7-3-1-4-8-11)12-9-5-2-6-10-12;/h1-10,13H,14H2;1H3. The van der Waals surface area contributed by atoms with Crippen LogP contribution in [-0.2, 0) is 0 Å². The zero-order chi connectivity index (χ0) is 9.80. The van der Waals surface area contributed by atoms with Crippen LogP contribution in [0.25, 0.3) is 0 Å². The van der Waals surface area contributed by atoms with Gasteiger partial charge in [0, 0.05) is 0 Å². The lowest BCUT2D eigenvalue weighted by Gasteiger charge is -2.11. The summed E-state index contributed by atoms with van der Waals surface area (Å²) in [5, 5.41) is 0. The normalized spacial score (nSPS) is 9.73. The molecule has 0 saturated heterocycles. The second-order valence-electron chi connectivity index (χ2n) is 3.30. The summed E-state index contributed by atoms with van der Waals surface area (Å²) in [5.74, 6) is 0. The Morgan fingerprint density at radius 3 is 1.33 bits per heavy atom. The van der Waals surface area contributed by atoms with Gasteiger partial charge in [0.15, 0.2) is 0 Å². The monoisotopic (exact) mass is 200 g/mol. The van der Waals surface area contributed by atoms with E-state index in [1.807, 2.05) is 36.4 Å². The molecule has 2 aromatic carbocycles. The Hall–Kier alpha value is -1.64. The Balaban J connectivity index is 0.00000112. The van der Waals surface area contributed by atoms with Gasteiger partial charge in [-0.05, 0) is 11.1 Å². The largest absolute Gasteiger partial charge is 0.344 e. The Kier molecular flexibility index (Phi) is 4.03. The van der Waals surface area contributed by atoms with Crippen molar-refractivity contribution in [1.82, 2.24) is 6.15 Å². The van der Waals surface area contributed by atoms with Crippen LogP contribution in [0.5, 0.6) is 0 Å². The second kappa shape index (κ2) is 5.29. The van der Waals surface area contributed by atoms with Crippen molar-refractivity contribution >= 4 is 0 Å². The highest BCUT2D eigenvalue weighted by atomic mass is 14.6. The third kappa shape index (κ3) is 2.65. The molecule has 0 atom stereocenters. The van der Waals surface area contributed by atoms with E-state index in [4.69, 9.17) is 5.73 Å². The average molecular weight is 200 g/mol. The number of hydrogen-bond acceptors (Lipinski definition) is 2. The molecule has 15 heavy (non-hydrogen) atoms. The molecule has 0 spiro atoms. The quantitative estimate of drug-likeness (QED) is 0.783. The minimum atomic E-state index is -0.0163. The second-order valence-corrected chi connectivity index (χ2v) is 3.30. The van der Waals surface area contributed by atoms with E-state index in [0.717, 1.165) is 11.1 Å². The van der Waals surface area contributed by atoms with E-state index in [1.54, 1.807) is 0 Å². The molecule has 0 heterocycles. The van der Waals surface area contributed by atoms with Gasteiger partial charge in [0.2, 0.25) is 0 Å². The Labute approximate surface area is 90.3 Å². The molecule has 0 unspecified atom stereocenters. The smallest absolute Gasteiger partial charge is 0.0551 e. The van der Waals surface area contributed by atoms with Crippen LogP contribution in [0.3, 0.4) is 0 Å².